The summed E-state index contributed by atoms with van der Waals surface area (Å²) in [4.78, 5) is 2.10. The van der Waals surface area contributed by atoms with Crippen LogP contribution in [0.25, 0.3) is 0 Å². The molecule has 1 aromatic carbocycles. The van der Waals surface area contributed by atoms with E-state index in [0.717, 1.165) is 13.1 Å². The Morgan fingerprint density at radius 3 is 2.95 bits per heavy atom. The Labute approximate surface area is 117 Å². The van der Waals surface area contributed by atoms with E-state index < -0.39 is 5.82 Å². The fourth-order valence-corrected chi connectivity index (χ4v) is 2.56. The van der Waals surface area contributed by atoms with Gasteiger partial charge in [0.15, 0.2) is 5.84 Å². The van der Waals surface area contributed by atoms with Gasteiger partial charge in [0, 0.05) is 25.2 Å². The van der Waals surface area contributed by atoms with Crippen LogP contribution in [-0.2, 0) is 6.54 Å². The van der Waals surface area contributed by atoms with Crippen molar-refractivity contribution in [2.75, 3.05) is 13.1 Å². The smallest absolute Gasteiger partial charge is 0.173 e. The molecule has 0 aliphatic carbocycles. The summed E-state index contributed by atoms with van der Waals surface area (Å²) in [6, 6.07) is 4.86. The third kappa shape index (κ3) is 3.08. The quantitative estimate of drug-likeness (QED) is 0.336. The maximum absolute atomic E-state index is 14.3. The highest BCUT2D eigenvalue weighted by Crippen LogP contribution is 2.21. The van der Waals surface area contributed by atoms with Gasteiger partial charge < -0.3 is 16.0 Å². The number of hydrogen-bond donors (Lipinski definition) is 3. The molecule has 1 fully saturated rings. The average Bonchev–Trinajstić information content (AvgIpc) is 2.44. The molecule has 6 heteroatoms. The Bertz CT molecular complexity index is 507. The molecular weight excluding hydrogens is 261 g/mol. The Balaban J connectivity index is 2.14. The van der Waals surface area contributed by atoms with Crippen molar-refractivity contribution < 1.29 is 14.7 Å². The summed E-state index contributed by atoms with van der Waals surface area (Å²) < 4.78 is 14.3. The minimum absolute atomic E-state index is 0.107. The molecule has 0 aromatic heterocycles. The van der Waals surface area contributed by atoms with Gasteiger partial charge in [0.05, 0.1) is 11.7 Å². The molecule has 1 aromatic rings. The van der Waals surface area contributed by atoms with E-state index in [1.165, 1.54) is 6.07 Å². The van der Waals surface area contributed by atoms with Gasteiger partial charge in [-0.05, 0) is 18.4 Å². The van der Waals surface area contributed by atoms with Gasteiger partial charge in [0.1, 0.15) is 5.82 Å². The molecule has 0 saturated carbocycles. The van der Waals surface area contributed by atoms with Crippen LogP contribution in [0.4, 0.5) is 4.39 Å². The number of oxime groups is 1. The third-order valence-corrected chi connectivity index (χ3v) is 3.80. The topological polar surface area (TPSA) is 82.1 Å². The normalized spacial score (nSPS) is 24.9. The fourth-order valence-electron chi connectivity index (χ4n) is 2.56. The molecule has 110 valence electrons. The van der Waals surface area contributed by atoms with Crippen molar-refractivity contribution in [1.29, 1.82) is 0 Å². The van der Waals surface area contributed by atoms with E-state index in [-0.39, 0.29) is 23.4 Å². The van der Waals surface area contributed by atoms with E-state index in [1.807, 2.05) is 6.92 Å². The van der Waals surface area contributed by atoms with Crippen LogP contribution in [0, 0.1) is 11.7 Å². The molecule has 0 spiro atoms. The average molecular weight is 281 g/mol. The molecule has 20 heavy (non-hydrogen) atoms. The lowest BCUT2D eigenvalue weighted by Gasteiger charge is -2.34. The van der Waals surface area contributed by atoms with Gasteiger partial charge in [-0.25, -0.2) is 4.39 Å². The lowest BCUT2D eigenvalue weighted by atomic mass is 9.96. The molecular formula is C14H20FN3O2. The molecule has 0 bridgehead atoms. The number of piperidine rings is 1. The van der Waals surface area contributed by atoms with E-state index in [9.17, 15) is 9.50 Å². The number of halogens is 1. The number of amidine groups is 1. The second-order valence-electron chi connectivity index (χ2n) is 5.33. The van der Waals surface area contributed by atoms with Gasteiger partial charge in [-0.1, -0.05) is 24.2 Å². The summed E-state index contributed by atoms with van der Waals surface area (Å²) in [5, 5.41) is 21.2. The van der Waals surface area contributed by atoms with Crippen LogP contribution in [0.1, 0.15) is 24.5 Å². The molecule has 0 amide bonds. The third-order valence-electron chi connectivity index (χ3n) is 3.80. The van der Waals surface area contributed by atoms with E-state index in [0.29, 0.717) is 18.5 Å². The maximum atomic E-state index is 14.3. The number of hydrogen-bond acceptors (Lipinski definition) is 4. The first-order chi connectivity index (χ1) is 9.52. The highest BCUT2D eigenvalue weighted by atomic mass is 19.1. The van der Waals surface area contributed by atoms with E-state index in [4.69, 9.17) is 10.9 Å². The lowest BCUT2D eigenvalue weighted by molar-refractivity contribution is 0.0316. The Morgan fingerprint density at radius 1 is 1.55 bits per heavy atom. The van der Waals surface area contributed by atoms with Crippen LogP contribution in [-0.4, -0.2) is 40.2 Å². The first-order valence-electron chi connectivity index (χ1n) is 6.68. The highest BCUT2D eigenvalue weighted by Gasteiger charge is 2.25. The number of likely N-dealkylation sites (tertiary alicyclic amines) is 1. The van der Waals surface area contributed by atoms with Crippen LogP contribution >= 0.6 is 0 Å². The van der Waals surface area contributed by atoms with Crippen molar-refractivity contribution in [2.24, 2.45) is 16.8 Å². The van der Waals surface area contributed by atoms with Crippen LogP contribution in [0.5, 0.6) is 0 Å². The number of aliphatic hydroxyl groups is 1. The van der Waals surface area contributed by atoms with Crippen molar-refractivity contribution >= 4 is 5.84 Å². The Morgan fingerprint density at radius 2 is 2.30 bits per heavy atom. The van der Waals surface area contributed by atoms with Gasteiger partial charge in [0.2, 0.25) is 0 Å². The van der Waals surface area contributed by atoms with Gasteiger partial charge in [-0.15, -0.1) is 0 Å². The second-order valence-corrected chi connectivity index (χ2v) is 5.33. The summed E-state index contributed by atoms with van der Waals surface area (Å²) in [6.45, 7) is 3.91. The monoisotopic (exact) mass is 281 g/mol. The standard InChI is InChI=1S/C14H20FN3O2/c1-9-7-18(6-5-12(9)19)8-10-3-2-4-11(13(10)15)14(16)17-20/h2-4,9,12,19-20H,5-8H2,1H3,(H2,16,17). The van der Waals surface area contributed by atoms with Crippen molar-refractivity contribution in [2.45, 2.75) is 26.0 Å². The number of nitrogens with zero attached hydrogens (tertiary/aromatic N) is 2. The van der Waals surface area contributed by atoms with E-state index in [1.54, 1.807) is 12.1 Å². The molecule has 1 aliphatic heterocycles. The van der Waals surface area contributed by atoms with Gasteiger partial charge in [0.25, 0.3) is 0 Å². The Kier molecular flexibility index (Phi) is 4.57. The zero-order valence-corrected chi connectivity index (χ0v) is 11.5. The number of aliphatic hydroxyl groups excluding tert-OH is 1. The van der Waals surface area contributed by atoms with Crippen molar-refractivity contribution in [3.05, 3.63) is 35.1 Å². The second kappa shape index (κ2) is 6.19. The van der Waals surface area contributed by atoms with Gasteiger partial charge in [-0.2, -0.15) is 0 Å². The first kappa shape index (κ1) is 14.7. The zero-order chi connectivity index (χ0) is 14.7. The summed E-state index contributed by atoms with van der Waals surface area (Å²) in [5.41, 5.74) is 6.07. The molecule has 1 saturated heterocycles. The molecule has 0 radical (unpaired) electrons. The summed E-state index contributed by atoms with van der Waals surface area (Å²) >= 11 is 0. The van der Waals surface area contributed by atoms with Gasteiger partial charge >= 0.3 is 0 Å². The molecule has 1 aliphatic rings. The van der Waals surface area contributed by atoms with Crippen LogP contribution in [0.15, 0.2) is 23.4 Å². The number of benzene rings is 1. The predicted octanol–water partition coefficient (Wildman–Crippen LogP) is 1.12. The van der Waals surface area contributed by atoms with Crippen molar-refractivity contribution in [1.82, 2.24) is 4.90 Å². The molecule has 2 atom stereocenters. The van der Waals surface area contributed by atoms with Crippen molar-refractivity contribution in [3.63, 3.8) is 0 Å². The van der Waals surface area contributed by atoms with Crippen LogP contribution < -0.4 is 5.73 Å². The van der Waals surface area contributed by atoms with E-state index >= 15 is 0 Å². The molecule has 5 nitrogen and oxygen atoms in total. The summed E-state index contributed by atoms with van der Waals surface area (Å²) in [7, 11) is 0. The molecule has 2 rings (SSSR count). The molecule has 2 unspecified atom stereocenters. The lowest BCUT2D eigenvalue weighted by Crippen LogP contribution is -2.41. The SMILES string of the molecule is CC1CN(Cc2cccc(/C(N)=N/O)c2F)CCC1O. The largest absolute Gasteiger partial charge is 0.409 e. The molecule has 4 N–H and O–H groups in total. The van der Waals surface area contributed by atoms with Gasteiger partial charge in [-0.3, -0.25) is 4.90 Å². The highest BCUT2D eigenvalue weighted by molar-refractivity contribution is 5.97. The maximum Gasteiger partial charge on any atom is 0.173 e. The minimum atomic E-state index is -0.457. The summed E-state index contributed by atoms with van der Waals surface area (Å²) in [6.07, 6.45) is 0.419. The van der Waals surface area contributed by atoms with E-state index in [2.05, 4.69) is 10.1 Å². The summed E-state index contributed by atoms with van der Waals surface area (Å²) in [5.74, 6) is -0.507. The van der Waals surface area contributed by atoms with Crippen LogP contribution in [0.2, 0.25) is 0 Å². The van der Waals surface area contributed by atoms with Crippen LogP contribution in [0.3, 0.4) is 0 Å². The Hall–Kier alpha value is -1.66. The molecule has 1 heterocycles. The fraction of sp³-hybridized carbons (Fsp3) is 0.500. The first-order valence-corrected chi connectivity index (χ1v) is 6.68. The number of nitrogens with two attached hydrogens (primary N) is 1. The zero-order valence-electron chi connectivity index (χ0n) is 11.5. The van der Waals surface area contributed by atoms with Crippen molar-refractivity contribution in [3.8, 4) is 0 Å². The predicted molar refractivity (Wildman–Crippen MR) is 74.0 cm³/mol. The minimum Gasteiger partial charge on any atom is -0.409 e. The number of rotatable bonds is 3.